The lowest BCUT2D eigenvalue weighted by molar-refractivity contribution is -0.139. The summed E-state index contributed by atoms with van der Waals surface area (Å²) in [4.78, 5) is 15.1. The van der Waals surface area contributed by atoms with E-state index in [9.17, 15) is 4.79 Å². The van der Waals surface area contributed by atoms with Gasteiger partial charge in [-0.1, -0.05) is 49.6 Å². The molecule has 1 amide bonds. The van der Waals surface area contributed by atoms with Gasteiger partial charge in [-0.05, 0) is 44.4 Å². The summed E-state index contributed by atoms with van der Waals surface area (Å²) in [6.07, 6.45) is 7.93. The van der Waals surface area contributed by atoms with Gasteiger partial charge in [0.25, 0.3) is 0 Å². The number of carbonyl (C=O) groups is 1. The molecule has 0 aliphatic heterocycles. The molecule has 1 aromatic heterocycles. The zero-order valence-corrected chi connectivity index (χ0v) is 15.5. The Hall–Kier alpha value is -2.03. The second-order valence-electron chi connectivity index (χ2n) is 7.51. The Balaban J connectivity index is 1.72. The van der Waals surface area contributed by atoms with Crippen LogP contribution < -0.4 is 0 Å². The summed E-state index contributed by atoms with van der Waals surface area (Å²) >= 11 is 0. The van der Waals surface area contributed by atoms with Crippen molar-refractivity contribution < 1.29 is 4.79 Å². The van der Waals surface area contributed by atoms with Crippen molar-refractivity contribution in [2.45, 2.75) is 65.1 Å². The highest BCUT2D eigenvalue weighted by Crippen LogP contribution is 2.27. The molecule has 1 heterocycles. The summed E-state index contributed by atoms with van der Waals surface area (Å²) in [7, 11) is 0. The number of carbonyl (C=O) groups excluding carboxylic acids is 1. The van der Waals surface area contributed by atoms with Crippen molar-refractivity contribution in [2.24, 2.45) is 5.92 Å². The van der Waals surface area contributed by atoms with Gasteiger partial charge in [-0.3, -0.25) is 4.79 Å². The highest BCUT2D eigenvalue weighted by atomic mass is 16.2. The van der Waals surface area contributed by atoms with Crippen LogP contribution in [0.1, 0.15) is 57.2 Å². The summed E-state index contributed by atoms with van der Waals surface area (Å²) in [6.45, 7) is 5.82. The van der Waals surface area contributed by atoms with Crippen molar-refractivity contribution in [3.63, 3.8) is 0 Å². The molecule has 0 unspecified atom stereocenters. The predicted molar refractivity (Wildman–Crippen MR) is 102 cm³/mol. The third-order valence-electron chi connectivity index (χ3n) is 5.31. The fourth-order valence-corrected chi connectivity index (χ4v) is 3.80. The number of amides is 1. The summed E-state index contributed by atoms with van der Waals surface area (Å²) < 4.78 is 2.26. The quantitative estimate of drug-likeness (QED) is 0.739. The first-order valence-corrected chi connectivity index (χ1v) is 9.63. The molecule has 3 rings (SSSR count). The maximum Gasteiger partial charge on any atom is 0.226 e. The third-order valence-corrected chi connectivity index (χ3v) is 5.31. The largest absolute Gasteiger partial charge is 0.345 e. The van der Waals surface area contributed by atoms with Crippen LogP contribution in [0.2, 0.25) is 0 Å². The van der Waals surface area contributed by atoms with Gasteiger partial charge in [0.2, 0.25) is 5.91 Å². The second-order valence-corrected chi connectivity index (χ2v) is 7.51. The first kappa shape index (κ1) is 17.8. The Labute approximate surface area is 151 Å². The van der Waals surface area contributed by atoms with Crippen molar-refractivity contribution in [1.29, 1.82) is 0 Å². The van der Waals surface area contributed by atoms with E-state index in [0.29, 0.717) is 12.5 Å². The molecule has 1 aliphatic rings. The molecule has 3 nitrogen and oxygen atoms in total. The summed E-state index contributed by atoms with van der Waals surface area (Å²) in [6, 6.07) is 15.0. The van der Waals surface area contributed by atoms with E-state index in [2.05, 4.69) is 65.9 Å². The van der Waals surface area contributed by atoms with Crippen LogP contribution in [0.25, 0.3) is 0 Å². The minimum absolute atomic E-state index is 0.230. The maximum absolute atomic E-state index is 13.1. The first-order chi connectivity index (χ1) is 12.1. The Morgan fingerprint density at radius 1 is 1.08 bits per heavy atom. The molecule has 134 valence electrons. The van der Waals surface area contributed by atoms with Crippen LogP contribution in [0.5, 0.6) is 0 Å². The normalized spacial score (nSPS) is 15.5. The van der Waals surface area contributed by atoms with Crippen LogP contribution in [0.3, 0.4) is 0 Å². The molecule has 1 aromatic carbocycles. The highest BCUT2D eigenvalue weighted by molar-refractivity contribution is 5.79. The lowest BCUT2D eigenvalue weighted by Gasteiger charge is -2.32. The van der Waals surface area contributed by atoms with Crippen LogP contribution >= 0.6 is 0 Å². The van der Waals surface area contributed by atoms with Gasteiger partial charge in [-0.2, -0.15) is 0 Å². The maximum atomic E-state index is 13.1. The average Bonchev–Trinajstić information content (AvgIpc) is 3.07. The van der Waals surface area contributed by atoms with E-state index < -0.39 is 0 Å². The number of benzene rings is 1. The van der Waals surface area contributed by atoms with Gasteiger partial charge in [0.15, 0.2) is 0 Å². The lowest BCUT2D eigenvalue weighted by Crippen LogP contribution is -2.41. The molecule has 1 aliphatic carbocycles. The Morgan fingerprint density at radius 2 is 1.80 bits per heavy atom. The number of hydrogen-bond donors (Lipinski definition) is 0. The van der Waals surface area contributed by atoms with Crippen molar-refractivity contribution in [3.8, 4) is 0 Å². The molecular formula is C22H30N2O. The van der Waals surface area contributed by atoms with Gasteiger partial charge >= 0.3 is 0 Å². The number of aromatic nitrogens is 1. The lowest BCUT2D eigenvalue weighted by atomic mass is 9.88. The van der Waals surface area contributed by atoms with Crippen LogP contribution in [0.4, 0.5) is 0 Å². The SMILES string of the molecule is CC(C)N(Cc1cccn1Cc1ccccc1)C(=O)C1CCCCC1. The molecule has 25 heavy (non-hydrogen) atoms. The molecule has 1 saturated carbocycles. The zero-order chi connectivity index (χ0) is 17.6. The molecule has 1 fully saturated rings. The minimum atomic E-state index is 0.230. The van der Waals surface area contributed by atoms with Crippen molar-refractivity contribution in [1.82, 2.24) is 9.47 Å². The molecule has 3 heteroatoms. The van der Waals surface area contributed by atoms with Crippen molar-refractivity contribution >= 4 is 5.91 Å². The van der Waals surface area contributed by atoms with Gasteiger partial charge in [0.05, 0.1) is 6.54 Å². The molecule has 0 saturated heterocycles. The Kier molecular flexibility index (Phi) is 5.95. The van der Waals surface area contributed by atoms with E-state index in [4.69, 9.17) is 0 Å². The van der Waals surface area contributed by atoms with Gasteiger partial charge in [0, 0.05) is 30.4 Å². The van der Waals surface area contributed by atoms with Gasteiger partial charge in [0.1, 0.15) is 0 Å². The fourth-order valence-electron chi connectivity index (χ4n) is 3.80. The number of rotatable bonds is 6. The first-order valence-electron chi connectivity index (χ1n) is 9.63. The molecule has 2 aromatic rings. The van der Waals surface area contributed by atoms with Gasteiger partial charge in [-0.15, -0.1) is 0 Å². The Morgan fingerprint density at radius 3 is 2.48 bits per heavy atom. The molecule has 0 radical (unpaired) electrons. The third kappa shape index (κ3) is 4.53. The van der Waals surface area contributed by atoms with Crippen molar-refractivity contribution in [3.05, 3.63) is 59.9 Å². The Bertz CT molecular complexity index is 668. The highest BCUT2D eigenvalue weighted by Gasteiger charge is 2.28. The van der Waals surface area contributed by atoms with E-state index >= 15 is 0 Å². The molecule has 0 bridgehead atoms. The zero-order valence-electron chi connectivity index (χ0n) is 15.5. The molecule has 0 atom stereocenters. The standard InChI is InChI=1S/C22H30N2O/c1-18(2)24(22(25)20-12-7-4-8-13-20)17-21-14-9-15-23(21)16-19-10-5-3-6-11-19/h3,5-6,9-11,14-15,18,20H,4,7-8,12-13,16-17H2,1-2H3. The van der Waals surface area contributed by atoms with Gasteiger partial charge in [-0.25, -0.2) is 0 Å². The minimum Gasteiger partial charge on any atom is -0.345 e. The summed E-state index contributed by atoms with van der Waals surface area (Å²) in [5.74, 6) is 0.579. The van der Waals surface area contributed by atoms with E-state index in [1.165, 1.54) is 30.5 Å². The fraction of sp³-hybridized carbons (Fsp3) is 0.500. The van der Waals surface area contributed by atoms with E-state index in [-0.39, 0.29) is 12.0 Å². The van der Waals surface area contributed by atoms with Crippen LogP contribution in [0, 0.1) is 5.92 Å². The second kappa shape index (κ2) is 8.37. The van der Waals surface area contributed by atoms with E-state index in [1.807, 2.05) is 6.07 Å². The monoisotopic (exact) mass is 338 g/mol. The predicted octanol–water partition coefficient (Wildman–Crippen LogP) is 4.85. The average molecular weight is 338 g/mol. The molecule has 0 N–H and O–H groups in total. The number of hydrogen-bond acceptors (Lipinski definition) is 1. The van der Waals surface area contributed by atoms with Crippen molar-refractivity contribution in [2.75, 3.05) is 0 Å². The van der Waals surface area contributed by atoms with E-state index in [1.54, 1.807) is 0 Å². The van der Waals surface area contributed by atoms with Gasteiger partial charge < -0.3 is 9.47 Å². The van der Waals surface area contributed by atoms with Crippen LogP contribution in [-0.4, -0.2) is 21.4 Å². The topological polar surface area (TPSA) is 25.2 Å². The van der Waals surface area contributed by atoms with Crippen LogP contribution in [0.15, 0.2) is 48.7 Å². The van der Waals surface area contributed by atoms with E-state index in [0.717, 1.165) is 19.4 Å². The van der Waals surface area contributed by atoms with Crippen LogP contribution in [-0.2, 0) is 17.9 Å². The number of nitrogens with zero attached hydrogens (tertiary/aromatic N) is 2. The molecular weight excluding hydrogens is 308 g/mol. The molecule has 0 spiro atoms. The summed E-state index contributed by atoms with van der Waals surface area (Å²) in [5.41, 5.74) is 2.50. The summed E-state index contributed by atoms with van der Waals surface area (Å²) in [5, 5.41) is 0. The smallest absolute Gasteiger partial charge is 0.226 e.